The van der Waals surface area contributed by atoms with Crippen LogP contribution in [-0.4, -0.2) is 57.2 Å². The summed E-state index contributed by atoms with van der Waals surface area (Å²) in [6, 6.07) is 0. The summed E-state index contributed by atoms with van der Waals surface area (Å²) < 4.78 is 17.7. The Bertz CT molecular complexity index is 932. The normalized spacial score (nSPS) is 47.1. The lowest BCUT2D eigenvalue weighted by Gasteiger charge is -2.59. The smallest absolute Gasteiger partial charge is 0.327 e. The van der Waals surface area contributed by atoms with Gasteiger partial charge in [0.1, 0.15) is 6.61 Å². The van der Waals surface area contributed by atoms with Crippen LogP contribution in [0.5, 0.6) is 0 Å². The first-order valence-corrected chi connectivity index (χ1v) is 13.5. The zero-order valence-corrected chi connectivity index (χ0v) is 20.9. The molecule has 3 N–H and O–H groups in total. The fourth-order valence-electron chi connectivity index (χ4n) is 8.23. The number of fused-ring (bicyclic) bond motifs is 7. The van der Waals surface area contributed by atoms with Crippen LogP contribution in [0.15, 0.2) is 23.8 Å². The fourth-order valence-corrected chi connectivity index (χ4v) is 8.46. The van der Waals surface area contributed by atoms with Crippen LogP contribution in [0, 0.1) is 28.6 Å². The fraction of sp³-hybridized carbons (Fsp3) is 0.760. The first kappa shape index (κ1) is 24.7. The highest BCUT2D eigenvalue weighted by molar-refractivity contribution is 7.39. The van der Waals surface area contributed by atoms with E-state index in [9.17, 15) is 24.5 Å². The quantitative estimate of drug-likeness (QED) is 0.482. The number of carbonyl (C=O) groups excluding carboxylic acids is 2. The first-order valence-electron chi connectivity index (χ1n) is 12.4. The van der Waals surface area contributed by atoms with Crippen molar-refractivity contribution >= 4 is 20.2 Å². The molecule has 0 aromatic heterocycles. The second kappa shape index (κ2) is 8.55. The standard InChI is InChI=1S/C25H35O8P/c1-4-5-21-32-20-11-17-16-7-6-14-10-15(26)8-9-23(14,2)22(16)18(27)12-24(17,3)25(20,33-21)19(28)13-31-34(29)30/h8-10,16-18,20-22,27,29-30H,4-7,11-13H2,1-3H3. The molecule has 1 saturated heterocycles. The third-order valence-corrected chi connectivity index (χ3v) is 9.90. The molecule has 0 amide bonds. The highest BCUT2D eigenvalue weighted by Crippen LogP contribution is 2.69. The van der Waals surface area contributed by atoms with Gasteiger partial charge in [0.05, 0.1) is 12.2 Å². The number of hydrogen-bond acceptors (Lipinski definition) is 8. The van der Waals surface area contributed by atoms with Gasteiger partial charge in [-0.05, 0) is 56.1 Å². The lowest BCUT2D eigenvalue weighted by atomic mass is 9.46. The number of ketones is 2. The summed E-state index contributed by atoms with van der Waals surface area (Å²) in [5, 5.41) is 11.6. The van der Waals surface area contributed by atoms with Gasteiger partial charge >= 0.3 is 8.60 Å². The van der Waals surface area contributed by atoms with Gasteiger partial charge in [-0.15, -0.1) is 0 Å². The molecule has 34 heavy (non-hydrogen) atoms. The minimum Gasteiger partial charge on any atom is -0.393 e. The maximum Gasteiger partial charge on any atom is 0.327 e. The monoisotopic (exact) mass is 494 g/mol. The van der Waals surface area contributed by atoms with Crippen molar-refractivity contribution in [2.45, 2.75) is 83.4 Å². The zero-order chi connectivity index (χ0) is 24.5. The third-order valence-electron chi connectivity index (χ3n) is 9.54. The van der Waals surface area contributed by atoms with Gasteiger partial charge in [-0.25, -0.2) is 0 Å². The minimum atomic E-state index is -2.67. The van der Waals surface area contributed by atoms with Crippen LogP contribution in [0.25, 0.3) is 0 Å². The molecule has 0 bridgehead atoms. The van der Waals surface area contributed by atoms with Gasteiger partial charge in [0.25, 0.3) is 0 Å². The van der Waals surface area contributed by atoms with Gasteiger partial charge in [0.2, 0.25) is 0 Å². The van der Waals surface area contributed by atoms with Gasteiger partial charge < -0.3 is 28.9 Å². The Kier molecular flexibility index (Phi) is 6.21. The summed E-state index contributed by atoms with van der Waals surface area (Å²) in [7, 11) is -2.67. The summed E-state index contributed by atoms with van der Waals surface area (Å²) in [6.45, 7) is 5.70. The van der Waals surface area contributed by atoms with E-state index in [1.807, 2.05) is 19.9 Å². The molecule has 9 atom stereocenters. The molecule has 8 nitrogen and oxygen atoms in total. The molecule has 188 valence electrons. The molecule has 0 aromatic carbocycles. The maximum atomic E-state index is 13.7. The van der Waals surface area contributed by atoms with E-state index >= 15 is 0 Å². The van der Waals surface area contributed by atoms with Crippen LogP contribution in [-0.2, 0) is 23.6 Å². The first-order chi connectivity index (χ1) is 16.1. The van der Waals surface area contributed by atoms with E-state index in [0.29, 0.717) is 19.3 Å². The van der Waals surface area contributed by atoms with Crippen molar-refractivity contribution in [3.8, 4) is 0 Å². The van der Waals surface area contributed by atoms with E-state index in [1.54, 1.807) is 12.2 Å². The molecule has 0 spiro atoms. The molecule has 4 aliphatic carbocycles. The number of ether oxygens (including phenoxy) is 2. The number of aliphatic hydroxyl groups is 1. The zero-order valence-electron chi connectivity index (χ0n) is 20.0. The number of allylic oxidation sites excluding steroid dienone is 4. The summed E-state index contributed by atoms with van der Waals surface area (Å²) in [5.41, 5.74) is -1.31. The lowest BCUT2D eigenvalue weighted by Crippen LogP contribution is -2.63. The van der Waals surface area contributed by atoms with E-state index in [2.05, 4.69) is 6.92 Å². The predicted octanol–water partition coefficient (Wildman–Crippen LogP) is 2.95. The Balaban J connectivity index is 1.53. The summed E-state index contributed by atoms with van der Waals surface area (Å²) in [6.07, 6.45) is 7.73. The van der Waals surface area contributed by atoms with Crippen molar-refractivity contribution < 1.29 is 38.5 Å². The molecule has 0 aromatic rings. The van der Waals surface area contributed by atoms with Crippen LogP contribution < -0.4 is 0 Å². The van der Waals surface area contributed by atoms with Crippen LogP contribution >= 0.6 is 8.60 Å². The van der Waals surface area contributed by atoms with Crippen molar-refractivity contribution in [1.82, 2.24) is 0 Å². The molecule has 5 rings (SSSR count). The van der Waals surface area contributed by atoms with E-state index in [0.717, 1.165) is 24.8 Å². The van der Waals surface area contributed by atoms with Gasteiger partial charge in [-0.1, -0.05) is 38.8 Å². The molecule has 1 heterocycles. The Labute approximate surface area is 201 Å². The van der Waals surface area contributed by atoms with Gasteiger partial charge in [0.15, 0.2) is 23.5 Å². The number of Topliss-reactive ketones (excluding diaryl/α,β-unsaturated/α-hetero) is 1. The number of rotatable bonds is 6. The number of aliphatic hydroxyl groups excluding tert-OH is 1. The molecule has 5 aliphatic rings. The molecule has 0 radical (unpaired) electrons. The Hall–Kier alpha value is -0.990. The van der Waals surface area contributed by atoms with E-state index in [4.69, 9.17) is 14.0 Å². The predicted molar refractivity (Wildman–Crippen MR) is 123 cm³/mol. The van der Waals surface area contributed by atoms with Gasteiger partial charge in [0, 0.05) is 16.7 Å². The van der Waals surface area contributed by atoms with Crippen molar-refractivity contribution in [1.29, 1.82) is 0 Å². The SMILES string of the molecule is CCCC1OC2CC3C4CCC5=CC(=O)C=CC5(C)C4C(O)CC3(C)C2(C(=O)COP(O)O)O1. The summed E-state index contributed by atoms with van der Waals surface area (Å²) >= 11 is 0. The second-order valence-electron chi connectivity index (χ2n) is 11.1. The molecule has 9 unspecified atom stereocenters. The molecular weight excluding hydrogens is 459 g/mol. The Morgan fingerprint density at radius 1 is 1.32 bits per heavy atom. The molecule has 9 heteroatoms. The van der Waals surface area contributed by atoms with Crippen LogP contribution in [0.1, 0.15) is 59.3 Å². The van der Waals surface area contributed by atoms with Crippen molar-refractivity contribution in [2.24, 2.45) is 28.6 Å². The molecular formula is C25H35O8P. The largest absolute Gasteiger partial charge is 0.393 e. The van der Waals surface area contributed by atoms with Crippen molar-refractivity contribution in [3.05, 3.63) is 23.8 Å². The Morgan fingerprint density at radius 2 is 2.09 bits per heavy atom. The highest BCUT2D eigenvalue weighted by atomic mass is 31.2. The average molecular weight is 495 g/mol. The minimum absolute atomic E-state index is 0.00231. The summed E-state index contributed by atoms with van der Waals surface area (Å²) in [5.74, 6) is -0.210. The average Bonchev–Trinajstić information content (AvgIpc) is 3.25. The van der Waals surface area contributed by atoms with Crippen LogP contribution in [0.3, 0.4) is 0 Å². The van der Waals surface area contributed by atoms with E-state index in [1.165, 1.54) is 0 Å². The maximum absolute atomic E-state index is 13.7. The molecule has 3 saturated carbocycles. The van der Waals surface area contributed by atoms with E-state index in [-0.39, 0.29) is 29.3 Å². The number of carbonyl (C=O) groups is 2. The van der Waals surface area contributed by atoms with Crippen molar-refractivity contribution in [2.75, 3.05) is 6.61 Å². The van der Waals surface area contributed by atoms with E-state index < -0.39 is 50.1 Å². The van der Waals surface area contributed by atoms with Crippen molar-refractivity contribution in [3.63, 3.8) is 0 Å². The topological polar surface area (TPSA) is 123 Å². The molecule has 1 aliphatic heterocycles. The van der Waals surface area contributed by atoms with Gasteiger partial charge in [-0.2, -0.15) is 0 Å². The molecule has 4 fully saturated rings. The second-order valence-corrected chi connectivity index (χ2v) is 11.9. The summed E-state index contributed by atoms with van der Waals surface area (Å²) in [4.78, 5) is 44.2. The lowest BCUT2D eigenvalue weighted by molar-refractivity contribution is -0.200. The Morgan fingerprint density at radius 3 is 2.79 bits per heavy atom. The van der Waals surface area contributed by atoms with Gasteiger partial charge in [-0.3, -0.25) is 9.59 Å². The highest BCUT2D eigenvalue weighted by Gasteiger charge is 2.75. The van der Waals surface area contributed by atoms with Crippen LogP contribution in [0.2, 0.25) is 0 Å². The number of hydrogen-bond donors (Lipinski definition) is 3. The third kappa shape index (κ3) is 3.37. The van der Waals surface area contributed by atoms with Crippen LogP contribution in [0.4, 0.5) is 0 Å².